The van der Waals surface area contributed by atoms with Crippen LogP contribution in [0.3, 0.4) is 0 Å². The molecule has 1 amide bonds. The van der Waals surface area contributed by atoms with E-state index < -0.39 is 10.8 Å². The van der Waals surface area contributed by atoms with Gasteiger partial charge in [-0.2, -0.15) is 0 Å². The predicted octanol–water partition coefficient (Wildman–Crippen LogP) is 0.818. The highest BCUT2D eigenvalue weighted by Gasteiger charge is 2.10. The highest BCUT2D eigenvalue weighted by atomic mass is 32.2. The summed E-state index contributed by atoms with van der Waals surface area (Å²) in [6, 6.07) is 6.73. The normalized spacial score (nSPS) is 14.0. The van der Waals surface area contributed by atoms with Crippen LogP contribution in [0.5, 0.6) is 5.75 Å². The molecule has 17 heavy (non-hydrogen) atoms. The summed E-state index contributed by atoms with van der Waals surface area (Å²) in [6.45, 7) is 2.20. The van der Waals surface area contributed by atoms with Gasteiger partial charge in [-0.1, -0.05) is 18.2 Å². The van der Waals surface area contributed by atoms with Gasteiger partial charge in [0.15, 0.2) is 0 Å². The molecule has 0 bridgehead atoms. The highest BCUT2D eigenvalue weighted by Crippen LogP contribution is 2.15. The summed E-state index contributed by atoms with van der Waals surface area (Å²) in [4.78, 5) is 11.6. The van der Waals surface area contributed by atoms with Gasteiger partial charge in [0.25, 0.3) is 0 Å². The van der Waals surface area contributed by atoms with E-state index >= 15 is 0 Å². The second-order valence-electron chi connectivity index (χ2n) is 3.92. The number of aromatic hydroxyl groups is 1. The number of para-hydroxylation sites is 1. The average Bonchev–Trinajstić information content (AvgIpc) is 2.29. The number of nitrogens with one attached hydrogen (secondary N) is 1. The van der Waals surface area contributed by atoms with E-state index in [4.69, 9.17) is 0 Å². The van der Waals surface area contributed by atoms with Crippen LogP contribution in [0.4, 0.5) is 0 Å². The lowest BCUT2D eigenvalue weighted by Gasteiger charge is -2.10. The van der Waals surface area contributed by atoms with Crippen molar-refractivity contribution in [1.29, 1.82) is 0 Å². The van der Waals surface area contributed by atoms with Crippen LogP contribution in [-0.2, 0) is 22.0 Å². The first kappa shape index (κ1) is 13.7. The standard InChI is InChI=1S/C12H17NO3S/c1-9(17(2)16)8-13-12(15)7-10-5-3-4-6-11(10)14/h3-6,9,14H,7-8H2,1-2H3,(H,13,15). The topological polar surface area (TPSA) is 66.4 Å². The number of phenolic OH excluding ortho intramolecular Hbond substituents is 1. The Morgan fingerprint density at radius 3 is 2.71 bits per heavy atom. The minimum Gasteiger partial charge on any atom is -0.508 e. The zero-order chi connectivity index (χ0) is 12.8. The Hall–Kier alpha value is -1.36. The average molecular weight is 255 g/mol. The third kappa shape index (κ3) is 4.56. The van der Waals surface area contributed by atoms with Crippen molar-refractivity contribution in [3.63, 3.8) is 0 Å². The number of benzene rings is 1. The molecule has 94 valence electrons. The summed E-state index contributed by atoms with van der Waals surface area (Å²) >= 11 is 0. The fourth-order valence-corrected chi connectivity index (χ4v) is 1.59. The molecule has 5 heteroatoms. The summed E-state index contributed by atoms with van der Waals surface area (Å²) < 4.78 is 11.1. The van der Waals surface area contributed by atoms with Crippen LogP contribution in [0.1, 0.15) is 12.5 Å². The first-order valence-corrected chi connectivity index (χ1v) is 6.98. The first-order valence-electron chi connectivity index (χ1n) is 5.36. The van der Waals surface area contributed by atoms with Crippen molar-refractivity contribution in [2.24, 2.45) is 0 Å². The van der Waals surface area contributed by atoms with Crippen molar-refractivity contribution in [1.82, 2.24) is 5.32 Å². The van der Waals surface area contributed by atoms with Crippen LogP contribution >= 0.6 is 0 Å². The molecule has 1 aromatic rings. The molecule has 0 aliphatic rings. The van der Waals surface area contributed by atoms with Gasteiger partial charge < -0.3 is 10.4 Å². The van der Waals surface area contributed by atoms with E-state index in [-0.39, 0.29) is 23.3 Å². The molecule has 2 unspecified atom stereocenters. The number of carbonyl (C=O) groups excluding carboxylic acids is 1. The summed E-state index contributed by atoms with van der Waals surface area (Å²) in [7, 11) is -0.942. The van der Waals surface area contributed by atoms with Gasteiger partial charge in [0.1, 0.15) is 5.75 Å². The van der Waals surface area contributed by atoms with Gasteiger partial charge in [0.2, 0.25) is 5.91 Å². The molecule has 0 saturated heterocycles. The molecule has 2 atom stereocenters. The zero-order valence-corrected chi connectivity index (χ0v) is 10.8. The number of hydrogen-bond donors (Lipinski definition) is 2. The van der Waals surface area contributed by atoms with Crippen LogP contribution in [-0.4, -0.2) is 33.3 Å². The number of carbonyl (C=O) groups is 1. The zero-order valence-electron chi connectivity index (χ0n) is 9.97. The molecule has 0 aromatic heterocycles. The first-order chi connectivity index (χ1) is 8.00. The van der Waals surface area contributed by atoms with Crippen LogP contribution in [0, 0.1) is 0 Å². The SMILES string of the molecule is CC(CNC(=O)Cc1ccccc1O)S(C)=O. The third-order valence-electron chi connectivity index (χ3n) is 2.50. The van der Waals surface area contributed by atoms with Crippen molar-refractivity contribution < 1.29 is 14.1 Å². The monoisotopic (exact) mass is 255 g/mol. The largest absolute Gasteiger partial charge is 0.508 e. The predicted molar refractivity (Wildman–Crippen MR) is 68.3 cm³/mol. The van der Waals surface area contributed by atoms with Gasteiger partial charge in [0.05, 0.1) is 6.42 Å². The Morgan fingerprint density at radius 1 is 1.47 bits per heavy atom. The molecule has 4 nitrogen and oxygen atoms in total. The van der Waals surface area contributed by atoms with E-state index in [0.717, 1.165) is 0 Å². The van der Waals surface area contributed by atoms with Gasteiger partial charge in [0, 0.05) is 34.4 Å². The minimum atomic E-state index is -0.942. The molecule has 0 aliphatic heterocycles. The Kier molecular flexibility index (Phi) is 5.15. The quantitative estimate of drug-likeness (QED) is 0.818. The molecule has 0 heterocycles. The van der Waals surface area contributed by atoms with Crippen molar-refractivity contribution in [2.45, 2.75) is 18.6 Å². The van der Waals surface area contributed by atoms with Gasteiger partial charge in [-0.15, -0.1) is 0 Å². The number of hydrogen-bond acceptors (Lipinski definition) is 3. The molecule has 0 fully saturated rings. The second-order valence-corrected chi connectivity index (χ2v) is 5.72. The van der Waals surface area contributed by atoms with Gasteiger partial charge in [-0.3, -0.25) is 9.00 Å². The Balaban J connectivity index is 2.46. The lowest BCUT2D eigenvalue weighted by atomic mass is 10.1. The Morgan fingerprint density at radius 2 is 2.12 bits per heavy atom. The van der Waals surface area contributed by atoms with Crippen LogP contribution in [0.25, 0.3) is 0 Å². The highest BCUT2D eigenvalue weighted by molar-refractivity contribution is 7.84. The third-order valence-corrected chi connectivity index (χ3v) is 3.80. The van der Waals surface area contributed by atoms with Gasteiger partial charge >= 0.3 is 0 Å². The molecule has 0 radical (unpaired) electrons. The fraction of sp³-hybridized carbons (Fsp3) is 0.417. The van der Waals surface area contributed by atoms with Crippen LogP contribution in [0.15, 0.2) is 24.3 Å². The number of rotatable bonds is 5. The summed E-state index contributed by atoms with van der Waals surface area (Å²) in [5.74, 6) is -0.0569. The molecule has 0 saturated carbocycles. The van der Waals surface area contributed by atoms with Crippen molar-refractivity contribution >= 4 is 16.7 Å². The van der Waals surface area contributed by atoms with E-state index in [1.165, 1.54) is 0 Å². The fourth-order valence-electron chi connectivity index (χ4n) is 1.27. The number of amides is 1. The lowest BCUT2D eigenvalue weighted by molar-refractivity contribution is -0.120. The van der Waals surface area contributed by atoms with Crippen LogP contribution < -0.4 is 5.32 Å². The van der Waals surface area contributed by atoms with E-state index in [2.05, 4.69) is 5.32 Å². The Labute approximate surface area is 104 Å². The molecule has 0 spiro atoms. The molecule has 2 N–H and O–H groups in total. The van der Waals surface area contributed by atoms with Crippen molar-refractivity contribution in [2.75, 3.05) is 12.8 Å². The van der Waals surface area contributed by atoms with E-state index in [1.807, 2.05) is 6.92 Å². The molecule has 1 rings (SSSR count). The second kappa shape index (κ2) is 6.39. The molecule has 1 aromatic carbocycles. The van der Waals surface area contributed by atoms with E-state index in [1.54, 1.807) is 30.5 Å². The maximum absolute atomic E-state index is 11.6. The smallest absolute Gasteiger partial charge is 0.224 e. The molecular formula is C12H17NO3S. The van der Waals surface area contributed by atoms with E-state index in [0.29, 0.717) is 12.1 Å². The number of phenols is 1. The van der Waals surface area contributed by atoms with Crippen molar-refractivity contribution in [3.8, 4) is 5.75 Å². The Bertz CT molecular complexity index is 420. The van der Waals surface area contributed by atoms with Gasteiger partial charge in [-0.05, 0) is 13.0 Å². The maximum Gasteiger partial charge on any atom is 0.224 e. The van der Waals surface area contributed by atoms with E-state index in [9.17, 15) is 14.1 Å². The molecule has 0 aliphatic carbocycles. The van der Waals surface area contributed by atoms with Gasteiger partial charge in [-0.25, -0.2) is 0 Å². The minimum absolute atomic E-state index is 0.0664. The molecular weight excluding hydrogens is 238 g/mol. The maximum atomic E-state index is 11.6. The van der Waals surface area contributed by atoms with Crippen molar-refractivity contribution in [3.05, 3.63) is 29.8 Å². The summed E-state index contributed by atoms with van der Waals surface area (Å²) in [5, 5.41) is 12.1. The summed E-state index contributed by atoms with van der Waals surface area (Å²) in [6.07, 6.45) is 1.75. The van der Waals surface area contributed by atoms with Crippen LogP contribution in [0.2, 0.25) is 0 Å². The summed E-state index contributed by atoms with van der Waals surface area (Å²) in [5.41, 5.74) is 0.593. The lowest BCUT2D eigenvalue weighted by Crippen LogP contribution is -2.33.